The first kappa shape index (κ1) is 13.8. The Balaban J connectivity index is 2.14. The van der Waals surface area contributed by atoms with Crippen molar-refractivity contribution in [1.29, 1.82) is 0 Å². The SMILES string of the molecule is COc1cccc(F)c1C(=O)N(C)CC1CCCN1. The standard InChI is InChI=1S/C14H19FN2O2/c1-17(9-10-5-4-8-16-10)14(18)13-11(15)6-3-7-12(13)19-2/h3,6-7,10,16H,4-5,8-9H2,1-2H3. The van der Waals surface area contributed by atoms with E-state index in [1.165, 1.54) is 19.2 Å². The lowest BCUT2D eigenvalue weighted by atomic mass is 10.1. The summed E-state index contributed by atoms with van der Waals surface area (Å²) < 4.78 is 18.9. The van der Waals surface area contributed by atoms with Gasteiger partial charge < -0.3 is 15.0 Å². The molecule has 0 aromatic heterocycles. The average molecular weight is 266 g/mol. The maximum absolute atomic E-state index is 13.8. The molecule has 1 aromatic rings. The number of carbonyl (C=O) groups is 1. The van der Waals surface area contributed by atoms with Gasteiger partial charge in [0.05, 0.1) is 7.11 Å². The molecule has 19 heavy (non-hydrogen) atoms. The van der Waals surface area contributed by atoms with Gasteiger partial charge in [-0.1, -0.05) is 6.07 Å². The number of carbonyl (C=O) groups excluding carboxylic acids is 1. The lowest BCUT2D eigenvalue weighted by Gasteiger charge is -2.22. The Kier molecular flexibility index (Phi) is 4.37. The maximum atomic E-state index is 13.8. The lowest BCUT2D eigenvalue weighted by molar-refractivity contribution is 0.0775. The van der Waals surface area contributed by atoms with Crippen LogP contribution in [0.3, 0.4) is 0 Å². The molecule has 5 heteroatoms. The zero-order chi connectivity index (χ0) is 13.8. The third kappa shape index (κ3) is 3.04. The lowest BCUT2D eigenvalue weighted by Crippen LogP contribution is -2.39. The van der Waals surface area contributed by atoms with E-state index in [-0.39, 0.29) is 17.2 Å². The summed E-state index contributed by atoms with van der Waals surface area (Å²) in [6.45, 7) is 1.56. The molecule has 1 aliphatic rings. The van der Waals surface area contributed by atoms with Crippen LogP contribution in [0.5, 0.6) is 5.75 Å². The molecule has 0 aliphatic carbocycles. The van der Waals surface area contributed by atoms with Gasteiger partial charge in [0.2, 0.25) is 0 Å². The minimum Gasteiger partial charge on any atom is -0.496 e. The Hall–Kier alpha value is -1.62. The second kappa shape index (κ2) is 6.02. The van der Waals surface area contributed by atoms with Gasteiger partial charge in [0.15, 0.2) is 0 Å². The summed E-state index contributed by atoms with van der Waals surface area (Å²) in [5.41, 5.74) is 0.00509. The van der Waals surface area contributed by atoms with Crippen molar-refractivity contribution >= 4 is 5.91 Å². The molecule has 1 N–H and O–H groups in total. The molecule has 104 valence electrons. The van der Waals surface area contributed by atoms with E-state index in [4.69, 9.17) is 4.74 Å². The zero-order valence-corrected chi connectivity index (χ0v) is 11.3. The number of amides is 1. The van der Waals surface area contributed by atoms with E-state index in [0.717, 1.165) is 19.4 Å². The fraction of sp³-hybridized carbons (Fsp3) is 0.500. The van der Waals surface area contributed by atoms with Gasteiger partial charge in [-0.05, 0) is 31.5 Å². The van der Waals surface area contributed by atoms with E-state index in [1.807, 2.05) is 0 Å². The first-order valence-electron chi connectivity index (χ1n) is 6.45. The fourth-order valence-corrected chi connectivity index (χ4v) is 2.40. The van der Waals surface area contributed by atoms with E-state index < -0.39 is 5.82 Å². The van der Waals surface area contributed by atoms with Crippen LogP contribution in [0.1, 0.15) is 23.2 Å². The third-order valence-electron chi connectivity index (χ3n) is 3.41. The van der Waals surface area contributed by atoms with Crippen LogP contribution in [-0.4, -0.2) is 44.1 Å². The second-order valence-electron chi connectivity index (χ2n) is 4.80. The first-order chi connectivity index (χ1) is 9.13. The number of likely N-dealkylation sites (N-methyl/N-ethyl adjacent to an activating group) is 1. The summed E-state index contributed by atoms with van der Waals surface area (Å²) in [6, 6.07) is 4.70. The van der Waals surface area contributed by atoms with Crippen LogP contribution >= 0.6 is 0 Å². The van der Waals surface area contributed by atoms with Gasteiger partial charge in [-0.2, -0.15) is 0 Å². The molecule has 1 aliphatic heterocycles. The Labute approximate surface area is 112 Å². The molecule has 1 amide bonds. The van der Waals surface area contributed by atoms with E-state index in [1.54, 1.807) is 18.0 Å². The van der Waals surface area contributed by atoms with Gasteiger partial charge in [0.1, 0.15) is 17.1 Å². The smallest absolute Gasteiger partial charge is 0.260 e. The van der Waals surface area contributed by atoms with E-state index in [2.05, 4.69) is 5.32 Å². The predicted molar refractivity (Wildman–Crippen MR) is 70.9 cm³/mol. The molecular weight excluding hydrogens is 247 g/mol. The quantitative estimate of drug-likeness (QED) is 0.901. The highest BCUT2D eigenvalue weighted by Gasteiger charge is 2.24. The highest BCUT2D eigenvalue weighted by atomic mass is 19.1. The van der Waals surface area contributed by atoms with Gasteiger partial charge in [-0.15, -0.1) is 0 Å². The van der Waals surface area contributed by atoms with Crippen molar-refractivity contribution in [2.45, 2.75) is 18.9 Å². The van der Waals surface area contributed by atoms with Crippen LogP contribution in [0, 0.1) is 5.82 Å². The Morgan fingerprint density at radius 2 is 2.37 bits per heavy atom. The number of halogens is 1. The third-order valence-corrected chi connectivity index (χ3v) is 3.41. The molecule has 1 heterocycles. The van der Waals surface area contributed by atoms with Crippen LogP contribution in [0.2, 0.25) is 0 Å². The van der Waals surface area contributed by atoms with Gasteiger partial charge in [0.25, 0.3) is 5.91 Å². The maximum Gasteiger partial charge on any atom is 0.260 e. The molecule has 2 rings (SSSR count). The normalized spacial score (nSPS) is 18.4. The summed E-state index contributed by atoms with van der Waals surface area (Å²) in [5.74, 6) is -0.615. The Bertz CT molecular complexity index is 459. The van der Waals surface area contributed by atoms with Crippen molar-refractivity contribution < 1.29 is 13.9 Å². The molecule has 0 spiro atoms. The van der Waals surface area contributed by atoms with Crippen LogP contribution in [0.4, 0.5) is 4.39 Å². The summed E-state index contributed by atoms with van der Waals surface area (Å²) in [5, 5.41) is 3.32. The summed E-state index contributed by atoms with van der Waals surface area (Å²) in [6.07, 6.45) is 2.17. The largest absolute Gasteiger partial charge is 0.496 e. The van der Waals surface area contributed by atoms with Crippen LogP contribution in [-0.2, 0) is 0 Å². The predicted octanol–water partition coefficient (Wildman–Crippen LogP) is 1.66. The fourth-order valence-electron chi connectivity index (χ4n) is 2.40. The van der Waals surface area contributed by atoms with Crippen molar-refractivity contribution in [2.24, 2.45) is 0 Å². The van der Waals surface area contributed by atoms with Crippen LogP contribution < -0.4 is 10.1 Å². The number of hydrogen-bond acceptors (Lipinski definition) is 3. The van der Waals surface area contributed by atoms with Gasteiger partial charge in [-0.25, -0.2) is 4.39 Å². The number of nitrogens with one attached hydrogen (secondary N) is 1. The highest BCUT2D eigenvalue weighted by molar-refractivity contribution is 5.97. The monoisotopic (exact) mass is 266 g/mol. The molecule has 1 saturated heterocycles. The van der Waals surface area contributed by atoms with Crippen LogP contribution in [0.25, 0.3) is 0 Å². The summed E-state index contributed by atoms with van der Waals surface area (Å²) in [4.78, 5) is 13.9. The number of benzene rings is 1. The number of nitrogens with zero attached hydrogens (tertiary/aromatic N) is 1. The van der Waals surface area contributed by atoms with Crippen molar-refractivity contribution in [3.8, 4) is 5.75 Å². The average Bonchev–Trinajstić information content (AvgIpc) is 2.90. The first-order valence-corrected chi connectivity index (χ1v) is 6.45. The minimum atomic E-state index is -0.546. The van der Waals surface area contributed by atoms with Gasteiger partial charge in [-0.3, -0.25) is 4.79 Å². The van der Waals surface area contributed by atoms with Gasteiger partial charge in [0, 0.05) is 19.6 Å². The van der Waals surface area contributed by atoms with Crippen molar-refractivity contribution in [2.75, 3.05) is 27.2 Å². The Morgan fingerprint density at radius 3 is 3.00 bits per heavy atom. The molecule has 0 radical (unpaired) electrons. The van der Waals surface area contributed by atoms with E-state index in [9.17, 15) is 9.18 Å². The number of rotatable bonds is 4. The zero-order valence-electron chi connectivity index (χ0n) is 11.3. The van der Waals surface area contributed by atoms with Crippen LogP contribution in [0.15, 0.2) is 18.2 Å². The van der Waals surface area contributed by atoms with Gasteiger partial charge >= 0.3 is 0 Å². The van der Waals surface area contributed by atoms with Crippen molar-refractivity contribution in [1.82, 2.24) is 10.2 Å². The molecular formula is C14H19FN2O2. The second-order valence-corrected chi connectivity index (χ2v) is 4.80. The molecule has 1 fully saturated rings. The molecule has 4 nitrogen and oxygen atoms in total. The number of methoxy groups -OCH3 is 1. The van der Waals surface area contributed by atoms with E-state index >= 15 is 0 Å². The number of hydrogen-bond donors (Lipinski definition) is 1. The van der Waals surface area contributed by atoms with Crippen molar-refractivity contribution in [3.63, 3.8) is 0 Å². The number of ether oxygens (including phenoxy) is 1. The molecule has 0 saturated carbocycles. The Morgan fingerprint density at radius 1 is 1.58 bits per heavy atom. The minimum absolute atomic E-state index is 0.00509. The summed E-state index contributed by atoms with van der Waals surface area (Å²) >= 11 is 0. The molecule has 1 unspecified atom stereocenters. The molecule has 1 aromatic carbocycles. The molecule has 1 atom stereocenters. The summed E-state index contributed by atoms with van der Waals surface area (Å²) in [7, 11) is 3.12. The van der Waals surface area contributed by atoms with Crippen molar-refractivity contribution in [3.05, 3.63) is 29.6 Å². The molecule has 0 bridgehead atoms. The topological polar surface area (TPSA) is 41.6 Å². The highest BCUT2D eigenvalue weighted by Crippen LogP contribution is 2.22. The van der Waals surface area contributed by atoms with E-state index in [0.29, 0.717) is 12.6 Å².